The zero-order chi connectivity index (χ0) is 16.6. The van der Waals surface area contributed by atoms with Crippen LogP contribution in [0.2, 0.25) is 0 Å². The molecule has 0 spiro atoms. The molecule has 0 saturated heterocycles. The van der Waals surface area contributed by atoms with Crippen molar-refractivity contribution in [3.05, 3.63) is 56.1 Å². The topological polar surface area (TPSA) is 64.1 Å². The third-order valence-corrected chi connectivity index (χ3v) is 3.75. The fraction of sp³-hybridized carbons (Fsp3) is 0.333. The standard InChI is InChI=1S/C15H13F3N2O3/c16-15(17,18)23-10-7-5-9(6-8-10)20-14(22)12-4-2-1-3-11(12)13(21)19-20/h5-8H,1-4H2,(H,19,21). The van der Waals surface area contributed by atoms with Gasteiger partial charge in [0.25, 0.3) is 11.1 Å². The number of benzene rings is 1. The first-order valence-corrected chi connectivity index (χ1v) is 7.08. The van der Waals surface area contributed by atoms with Crippen LogP contribution in [0.15, 0.2) is 33.9 Å². The van der Waals surface area contributed by atoms with E-state index in [0.717, 1.165) is 29.7 Å². The Bertz CT molecular complexity index is 835. The number of nitrogens with one attached hydrogen (secondary N) is 1. The highest BCUT2D eigenvalue weighted by molar-refractivity contribution is 5.38. The van der Waals surface area contributed by atoms with Gasteiger partial charge in [-0.2, -0.15) is 0 Å². The number of nitrogens with zero attached hydrogens (tertiary/aromatic N) is 1. The van der Waals surface area contributed by atoms with Crippen molar-refractivity contribution >= 4 is 0 Å². The van der Waals surface area contributed by atoms with Crippen molar-refractivity contribution < 1.29 is 17.9 Å². The van der Waals surface area contributed by atoms with Crippen molar-refractivity contribution in [1.29, 1.82) is 0 Å². The maximum atomic E-state index is 12.5. The molecule has 1 heterocycles. The molecular weight excluding hydrogens is 313 g/mol. The molecule has 122 valence electrons. The van der Waals surface area contributed by atoms with Gasteiger partial charge in [0.05, 0.1) is 5.69 Å². The van der Waals surface area contributed by atoms with Gasteiger partial charge in [-0.1, -0.05) is 0 Å². The lowest BCUT2D eigenvalue weighted by Gasteiger charge is -2.16. The van der Waals surface area contributed by atoms with Crippen LogP contribution in [0.1, 0.15) is 24.0 Å². The van der Waals surface area contributed by atoms with Crippen LogP contribution < -0.4 is 15.9 Å². The van der Waals surface area contributed by atoms with E-state index >= 15 is 0 Å². The number of rotatable bonds is 2. The van der Waals surface area contributed by atoms with Crippen LogP contribution in [-0.2, 0) is 12.8 Å². The molecule has 1 aliphatic rings. The first-order valence-electron chi connectivity index (χ1n) is 7.08. The van der Waals surface area contributed by atoms with Gasteiger partial charge in [0, 0.05) is 11.1 Å². The maximum absolute atomic E-state index is 12.5. The van der Waals surface area contributed by atoms with Crippen LogP contribution >= 0.6 is 0 Å². The largest absolute Gasteiger partial charge is 0.573 e. The van der Waals surface area contributed by atoms with E-state index < -0.39 is 12.1 Å². The summed E-state index contributed by atoms with van der Waals surface area (Å²) < 4.78 is 41.3. The van der Waals surface area contributed by atoms with Crippen molar-refractivity contribution in [2.24, 2.45) is 0 Å². The second-order valence-electron chi connectivity index (χ2n) is 5.29. The first-order chi connectivity index (χ1) is 10.8. The molecule has 23 heavy (non-hydrogen) atoms. The van der Waals surface area contributed by atoms with E-state index in [1.165, 1.54) is 12.1 Å². The molecule has 0 bridgehead atoms. The zero-order valence-corrected chi connectivity index (χ0v) is 11.9. The van der Waals surface area contributed by atoms with Gasteiger partial charge in [-0.25, -0.2) is 4.68 Å². The fourth-order valence-electron chi connectivity index (χ4n) is 2.73. The number of ether oxygens (including phenoxy) is 1. The van der Waals surface area contributed by atoms with E-state index in [0.29, 0.717) is 24.0 Å². The van der Waals surface area contributed by atoms with Gasteiger partial charge in [0.1, 0.15) is 5.75 Å². The molecule has 1 aromatic heterocycles. The van der Waals surface area contributed by atoms with E-state index in [4.69, 9.17) is 0 Å². The molecule has 3 rings (SSSR count). The average molecular weight is 326 g/mol. The average Bonchev–Trinajstić information content (AvgIpc) is 2.50. The lowest BCUT2D eigenvalue weighted by atomic mass is 9.94. The summed E-state index contributed by atoms with van der Waals surface area (Å²) in [5, 5.41) is 2.47. The smallest absolute Gasteiger partial charge is 0.406 e. The van der Waals surface area contributed by atoms with Gasteiger partial charge in [-0.15, -0.1) is 13.2 Å². The third-order valence-electron chi connectivity index (χ3n) is 3.75. The third kappa shape index (κ3) is 3.15. The summed E-state index contributed by atoms with van der Waals surface area (Å²) in [6.07, 6.45) is -1.97. The minimum absolute atomic E-state index is 0.273. The highest BCUT2D eigenvalue weighted by Crippen LogP contribution is 2.23. The van der Waals surface area contributed by atoms with E-state index in [1.807, 2.05) is 0 Å². The number of aromatic amines is 1. The van der Waals surface area contributed by atoms with Crippen LogP contribution in [0.5, 0.6) is 5.75 Å². The first kappa shape index (κ1) is 15.4. The van der Waals surface area contributed by atoms with Crippen molar-refractivity contribution in [3.63, 3.8) is 0 Å². The number of H-pyrrole nitrogens is 1. The predicted molar refractivity (Wildman–Crippen MR) is 76.0 cm³/mol. The van der Waals surface area contributed by atoms with E-state index in [1.54, 1.807) is 0 Å². The van der Waals surface area contributed by atoms with E-state index in [9.17, 15) is 22.8 Å². The molecule has 0 radical (unpaired) electrons. The van der Waals surface area contributed by atoms with Crippen LogP contribution in [0.25, 0.3) is 5.69 Å². The summed E-state index contributed by atoms with van der Waals surface area (Å²) in [4.78, 5) is 24.5. The van der Waals surface area contributed by atoms with Crippen LogP contribution in [0.4, 0.5) is 13.2 Å². The van der Waals surface area contributed by atoms with Gasteiger partial charge in [0.15, 0.2) is 0 Å². The van der Waals surface area contributed by atoms with Crippen molar-refractivity contribution in [2.45, 2.75) is 32.0 Å². The number of hydrogen-bond donors (Lipinski definition) is 1. The van der Waals surface area contributed by atoms with Crippen molar-refractivity contribution in [1.82, 2.24) is 9.78 Å². The minimum atomic E-state index is -4.78. The Labute approximate surface area is 128 Å². The molecule has 2 aromatic rings. The SMILES string of the molecule is O=c1[nH]n(-c2ccc(OC(F)(F)F)cc2)c(=O)c2c1CCCC2. The maximum Gasteiger partial charge on any atom is 0.573 e. The molecule has 0 unspecified atom stereocenters. The quantitative estimate of drug-likeness (QED) is 0.921. The Morgan fingerprint density at radius 1 is 1.00 bits per heavy atom. The summed E-state index contributed by atoms with van der Waals surface area (Å²) in [5.74, 6) is -0.394. The molecule has 1 aliphatic carbocycles. The Morgan fingerprint density at radius 2 is 1.61 bits per heavy atom. The molecular formula is C15H13F3N2O3. The molecule has 0 saturated carbocycles. The highest BCUT2D eigenvalue weighted by atomic mass is 19.4. The van der Waals surface area contributed by atoms with Crippen LogP contribution in [-0.4, -0.2) is 16.1 Å². The number of hydrogen-bond acceptors (Lipinski definition) is 3. The second kappa shape index (κ2) is 5.60. The number of aromatic nitrogens is 2. The molecule has 1 N–H and O–H groups in total. The van der Waals surface area contributed by atoms with Gasteiger partial charge in [-0.05, 0) is 49.9 Å². The Hall–Kier alpha value is -2.51. The fourth-order valence-corrected chi connectivity index (χ4v) is 2.73. The molecule has 1 aromatic carbocycles. The summed E-state index contributed by atoms with van der Waals surface area (Å²) in [5.41, 5.74) is 0.582. The lowest BCUT2D eigenvalue weighted by Crippen LogP contribution is -2.35. The number of halogens is 3. The Balaban J connectivity index is 2.01. The Kier molecular flexibility index (Phi) is 3.75. The molecule has 0 fully saturated rings. The van der Waals surface area contributed by atoms with Gasteiger partial charge >= 0.3 is 6.36 Å². The summed E-state index contributed by atoms with van der Waals surface area (Å²) in [6.45, 7) is 0. The van der Waals surface area contributed by atoms with Gasteiger partial charge in [0.2, 0.25) is 0 Å². The molecule has 8 heteroatoms. The highest BCUT2D eigenvalue weighted by Gasteiger charge is 2.31. The zero-order valence-electron chi connectivity index (χ0n) is 11.9. The van der Waals surface area contributed by atoms with E-state index in [-0.39, 0.29) is 16.8 Å². The summed E-state index contributed by atoms with van der Waals surface area (Å²) in [6, 6.07) is 4.75. The summed E-state index contributed by atoms with van der Waals surface area (Å²) >= 11 is 0. The van der Waals surface area contributed by atoms with Crippen molar-refractivity contribution in [3.8, 4) is 11.4 Å². The molecule has 0 atom stereocenters. The predicted octanol–water partition coefficient (Wildman–Crippen LogP) is 2.30. The van der Waals surface area contributed by atoms with Crippen LogP contribution in [0.3, 0.4) is 0 Å². The molecule has 0 aliphatic heterocycles. The van der Waals surface area contributed by atoms with Crippen molar-refractivity contribution in [2.75, 3.05) is 0 Å². The minimum Gasteiger partial charge on any atom is -0.406 e. The van der Waals surface area contributed by atoms with Crippen LogP contribution in [0, 0.1) is 0 Å². The van der Waals surface area contributed by atoms with Gasteiger partial charge in [-0.3, -0.25) is 14.7 Å². The van der Waals surface area contributed by atoms with Gasteiger partial charge < -0.3 is 4.74 Å². The second-order valence-corrected chi connectivity index (χ2v) is 5.29. The normalized spacial score (nSPS) is 14.4. The molecule has 5 nitrogen and oxygen atoms in total. The number of fused-ring (bicyclic) bond motifs is 1. The summed E-state index contributed by atoms with van der Waals surface area (Å²) in [7, 11) is 0. The number of alkyl halides is 3. The van der Waals surface area contributed by atoms with E-state index in [2.05, 4.69) is 9.84 Å². The lowest BCUT2D eigenvalue weighted by molar-refractivity contribution is -0.274. The monoisotopic (exact) mass is 326 g/mol. The Morgan fingerprint density at radius 3 is 2.22 bits per heavy atom. The molecule has 0 amide bonds.